The lowest BCUT2D eigenvalue weighted by atomic mass is 9.89. The van der Waals surface area contributed by atoms with Crippen LogP contribution in [-0.2, 0) is 9.59 Å². The largest absolute Gasteiger partial charge is 0.328 e. The number of hydrogen-bond acceptors (Lipinski definition) is 2. The first-order valence-corrected chi connectivity index (χ1v) is 10.3. The maximum atomic E-state index is 13.5. The summed E-state index contributed by atoms with van der Waals surface area (Å²) in [6.45, 7) is 2.34. The van der Waals surface area contributed by atoms with Crippen LogP contribution in [0.5, 0.6) is 0 Å². The molecule has 1 saturated heterocycles. The molecule has 26 heavy (non-hydrogen) atoms. The lowest BCUT2D eigenvalue weighted by molar-refractivity contribution is -0.162. The van der Waals surface area contributed by atoms with Crippen LogP contribution in [-0.4, -0.2) is 40.2 Å². The van der Waals surface area contributed by atoms with Gasteiger partial charge in [0.15, 0.2) is 0 Å². The van der Waals surface area contributed by atoms with Crippen molar-refractivity contribution in [3.05, 3.63) is 35.4 Å². The zero-order valence-electron chi connectivity index (χ0n) is 15.8. The van der Waals surface area contributed by atoms with Crippen LogP contribution in [0.3, 0.4) is 0 Å². The molecule has 1 unspecified atom stereocenters. The second-order valence-corrected chi connectivity index (χ2v) is 8.31. The van der Waals surface area contributed by atoms with Crippen LogP contribution in [0.25, 0.3) is 0 Å². The number of carbonyl (C=O) groups excluding carboxylic acids is 2. The van der Waals surface area contributed by atoms with E-state index >= 15 is 0 Å². The third-order valence-electron chi connectivity index (χ3n) is 6.52. The van der Waals surface area contributed by atoms with Gasteiger partial charge < -0.3 is 9.80 Å². The van der Waals surface area contributed by atoms with Crippen molar-refractivity contribution in [2.45, 2.75) is 82.8 Å². The van der Waals surface area contributed by atoms with Crippen molar-refractivity contribution in [2.75, 3.05) is 6.54 Å². The Morgan fingerprint density at radius 3 is 2.04 bits per heavy atom. The summed E-state index contributed by atoms with van der Waals surface area (Å²) >= 11 is 0. The molecule has 0 N–H and O–H groups in total. The highest BCUT2D eigenvalue weighted by atomic mass is 16.2. The molecule has 1 aromatic carbocycles. The topological polar surface area (TPSA) is 40.6 Å². The molecule has 140 valence electrons. The number of aryl methyl sites for hydroxylation is 1. The minimum absolute atomic E-state index is 0.144. The first-order chi connectivity index (χ1) is 12.6. The van der Waals surface area contributed by atoms with Gasteiger partial charge in [-0.05, 0) is 38.2 Å². The van der Waals surface area contributed by atoms with Crippen LogP contribution in [0.1, 0.15) is 75.0 Å². The number of hydrogen-bond donors (Lipinski definition) is 0. The van der Waals surface area contributed by atoms with Crippen molar-refractivity contribution in [2.24, 2.45) is 0 Å². The fourth-order valence-corrected chi connectivity index (χ4v) is 5.08. The van der Waals surface area contributed by atoms with E-state index in [0.29, 0.717) is 0 Å². The second kappa shape index (κ2) is 7.42. The predicted octanol–water partition coefficient (Wildman–Crippen LogP) is 3.98. The number of piperazine rings is 1. The van der Waals surface area contributed by atoms with Crippen molar-refractivity contribution in [3.8, 4) is 0 Å². The van der Waals surface area contributed by atoms with Gasteiger partial charge in [-0.3, -0.25) is 9.59 Å². The third-order valence-corrected chi connectivity index (χ3v) is 6.52. The van der Waals surface area contributed by atoms with Gasteiger partial charge in [0.1, 0.15) is 12.6 Å². The van der Waals surface area contributed by atoms with E-state index in [0.717, 1.165) is 44.1 Å². The molecule has 0 bridgehead atoms. The molecule has 1 atom stereocenters. The molecule has 4 rings (SSSR count). The smallest absolute Gasteiger partial charge is 0.250 e. The monoisotopic (exact) mass is 354 g/mol. The van der Waals surface area contributed by atoms with Gasteiger partial charge in [-0.15, -0.1) is 0 Å². The highest BCUT2D eigenvalue weighted by Crippen LogP contribution is 2.37. The van der Waals surface area contributed by atoms with Crippen molar-refractivity contribution in [3.63, 3.8) is 0 Å². The van der Waals surface area contributed by atoms with E-state index in [9.17, 15) is 9.59 Å². The van der Waals surface area contributed by atoms with Crippen LogP contribution < -0.4 is 0 Å². The molecule has 0 radical (unpaired) electrons. The summed E-state index contributed by atoms with van der Waals surface area (Å²) in [6.07, 6.45) is 10.1. The van der Waals surface area contributed by atoms with Gasteiger partial charge in [-0.2, -0.15) is 0 Å². The first kappa shape index (κ1) is 17.6. The summed E-state index contributed by atoms with van der Waals surface area (Å²) in [7, 11) is 0. The molecule has 0 aromatic heterocycles. The average molecular weight is 354 g/mol. The maximum Gasteiger partial charge on any atom is 0.250 e. The molecule has 1 aromatic rings. The fraction of sp³-hybridized carbons (Fsp3) is 0.636. The lowest BCUT2D eigenvalue weighted by Gasteiger charge is -2.47. The van der Waals surface area contributed by atoms with Crippen LogP contribution in [0, 0.1) is 6.92 Å². The van der Waals surface area contributed by atoms with Crippen LogP contribution in [0.15, 0.2) is 24.3 Å². The zero-order chi connectivity index (χ0) is 18.1. The molecule has 1 heterocycles. The van der Waals surface area contributed by atoms with E-state index in [1.807, 2.05) is 21.9 Å². The summed E-state index contributed by atoms with van der Waals surface area (Å²) < 4.78 is 0. The van der Waals surface area contributed by atoms with Crippen molar-refractivity contribution in [1.29, 1.82) is 0 Å². The third kappa shape index (κ3) is 3.26. The Balaban J connectivity index is 1.68. The van der Waals surface area contributed by atoms with Crippen LogP contribution >= 0.6 is 0 Å². The average Bonchev–Trinajstić information content (AvgIpc) is 3.19. The lowest BCUT2D eigenvalue weighted by Crippen LogP contribution is -2.60. The molecule has 2 aliphatic carbocycles. The summed E-state index contributed by atoms with van der Waals surface area (Å²) in [4.78, 5) is 30.6. The molecule has 2 amide bonds. The van der Waals surface area contributed by atoms with Crippen molar-refractivity contribution < 1.29 is 9.59 Å². The molecule has 4 nitrogen and oxygen atoms in total. The molecule has 1 aliphatic heterocycles. The van der Waals surface area contributed by atoms with Gasteiger partial charge in [-0.25, -0.2) is 0 Å². The number of nitrogens with zero attached hydrogens (tertiary/aromatic N) is 2. The van der Waals surface area contributed by atoms with Crippen molar-refractivity contribution in [1.82, 2.24) is 9.80 Å². The Bertz CT molecular complexity index is 657. The minimum atomic E-state index is -0.430. The quantitative estimate of drug-likeness (QED) is 0.824. The zero-order valence-corrected chi connectivity index (χ0v) is 15.8. The van der Waals surface area contributed by atoms with Gasteiger partial charge in [0.2, 0.25) is 5.91 Å². The minimum Gasteiger partial charge on any atom is -0.328 e. The van der Waals surface area contributed by atoms with Gasteiger partial charge in [0.25, 0.3) is 5.91 Å². The Kier molecular flexibility index (Phi) is 5.01. The predicted molar refractivity (Wildman–Crippen MR) is 102 cm³/mol. The molecule has 4 heteroatoms. The van der Waals surface area contributed by atoms with Crippen LogP contribution in [0.4, 0.5) is 0 Å². The summed E-state index contributed by atoms with van der Waals surface area (Å²) in [5.41, 5.74) is 2.16. The molecule has 3 fully saturated rings. The highest BCUT2D eigenvalue weighted by molar-refractivity contribution is 5.96. The number of benzene rings is 1. The molecule has 0 spiro atoms. The van der Waals surface area contributed by atoms with E-state index in [2.05, 4.69) is 19.1 Å². The molecule has 3 aliphatic rings. The highest BCUT2D eigenvalue weighted by Gasteiger charge is 2.45. The molecular formula is C22H30N2O2. The molecular weight excluding hydrogens is 324 g/mol. The Morgan fingerprint density at radius 2 is 1.38 bits per heavy atom. The van der Waals surface area contributed by atoms with E-state index in [1.165, 1.54) is 24.8 Å². The normalized spacial score (nSPS) is 26.0. The number of carbonyl (C=O) groups is 2. The second-order valence-electron chi connectivity index (χ2n) is 8.31. The van der Waals surface area contributed by atoms with E-state index < -0.39 is 6.04 Å². The SMILES string of the molecule is Cc1ccc(C2C(=O)N(C3CCCC3)CC(=O)N2C2CCCCC2)cc1. The van der Waals surface area contributed by atoms with Crippen LogP contribution in [0.2, 0.25) is 0 Å². The maximum absolute atomic E-state index is 13.5. The van der Waals surface area contributed by atoms with Gasteiger partial charge >= 0.3 is 0 Å². The van der Waals surface area contributed by atoms with E-state index in [1.54, 1.807) is 0 Å². The fourth-order valence-electron chi connectivity index (χ4n) is 5.08. The standard InChI is InChI=1S/C22H30N2O2/c1-16-11-13-17(14-12-16)21-22(26)23(18-7-5-6-8-18)15-20(25)24(21)19-9-3-2-4-10-19/h11-14,18-19,21H,2-10,15H2,1H3. The van der Waals surface area contributed by atoms with E-state index in [-0.39, 0.29) is 30.4 Å². The Labute approximate surface area is 156 Å². The van der Waals surface area contributed by atoms with Gasteiger partial charge in [-0.1, -0.05) is 61.9 Å². The van der Waals surface area contributed by atoms with Gasteiger partial charge in [0, 0.05) is 12.1 Å². The summed E-state index contributed by atoms with van der Waals surface area (Å²) in [5.74, 6) is 0.292. The first-order valence-electron chi connectivity index (χ1n) is 10.3. The Morgan fingerprint density at radius 1 is 0.808 bits per heavy atom. The number of rotatable bonds is 3. The summed E-state index contributed by atoms with van der Waals surface area (Å²) in [5, 5.41) is 0. The summed E-state index contributed by atoms with van der Waals surface area (Å²) in [6, 6.07) is 8.24. The Hall–Kier alpha value is -1.84. The molecule has 2 saturated carbocycles. The van der Waals surface area contributed by atoms with E-state index in [4.69, 9.17) is 0 Å². The number of amides is 2. The van der Waals surface area contributed by atoms with Gasteiger partial charge in [0.05, 0.1) is 0 Å². The van der Waals surface area contributed by atoms with Crippen molar-refractivity contribution >= 4 is 11.8 Å².